The van der Waals surface area contributed by atoms with Crippen LogP contribution in [0.1, 0.15) is 32.9 Å². The predicted molar refractivity (Wildman–Crippen MR) is 107 cm³/mol. The number of para-hydroxylation sites is 1. The first kappa shape index (κ1) is 18.3. The van der Waals surface area contributed by atoms with Crippen LogP contribution in [0.4, 0.5) is 0 Å². The molecule has 0 aliphatic heterocycles. The number of rotatable bonds is 6. The monoisotopic (exact) mass is 349 g/mol. The van der Waals surface area contributed by atoms with E-state index in [2.05, 4.69) is 24.9 Å². The molecule has 0 aliphatic rings. The Kier molecular flexibility index (Phi) is 5.23. The van der Waals surface area contributed by atoms with E-state index >= 15 is 0 Å². The molecule has 3 aromatic rings. The highest BCUT2D eigenvalue weighted by Crippen LogP contribution is 2.28. The third-order valence-electron chi connectivity index (χ3n) is 4.39. The number of benzene rings is 1. The zero-order valence-electron chi connectivity index (χ0n) is 16.0. The summed E-state index contributed by atoms with van der Waals surface area (Å²) in [6.45, 7) is 8.83. The Morgan fingerprint density at radius 3 is 2.62 bits per heavy atom. The highest BCUT2D eigenvalue weighted by Gasteiger charge is 2.21. The third-order valence-corrected chi connectivity index (χ3v) is 4.39. The Bertz CT molecular complexity index is 898. The maximum absolute atomic E-state index is 6.35. The summed E-state index contributed by atoms with van der Waals surface area (Å²) < 4.78 is 5.98. The predicted octanol–water partition coefficient (Wildman–Crippen LogP) is 4.75. The summed E-state index contributed by atoms with van der Waals surface area (Å²) >= 11 is 0. The van der Waals surface area contributed by atoms with Crippen LogP contribution in [-0.4, -0.2) is 22.1 Å². The van der Waals surface area contributed by atoms with Gasteiger partial charge in [0.1, 0.15) is 12.4 Å². The van der Waals surface area contributed by atoms with Crippen LogP contribution in [0.5, 0.6) is 5.75 Å². The Labute approximate surface area is 155 Å². The van der Waals surface area contributed by atoms with E-state index in [1.54, 1.807) is 0 Å². The first-order valence-corrected chi connectivity index (χ1v) is 9.09. The molecule has 0 radical (unpaired) electrons. The Morgan fingerprint density at radius 2 is 1.88 bits per heavy atom. The lowest BCUT2D eigenvalue weighted by molar-refractivity contribution is 0.205. The van der Waals surface area contributed by atoms with Gasteiger partial charge in [0.25, 0.3) is 0 Å². The highest BCUT2D eigenvalue weighted by atomic mass is 16.5. The molecule has 1 aromatic carbocycles. The quantitative estimate of drug-likeness (QED) is 0.698. The molecule has 2 N–H and O–H groups in total. The number of nitrogens with two attached hydrogens (primary N) is 1. The van der Waals surface area contributed by atoms with E-state index in [0.29, 0.717) is 12.5 Å². The molecular formula is C22H27N3O. The van der Waals surface area contributed by atoms with Crippen LogP contribution in [0.2, 0.25) is 0 Å². The molecule has 136 valence electrons. The van der Waals surface area contributed by atoms with Crippen molar-refractivity contribution < 1.29 is 4.74 Å². The standard InChI is InChI=1S/C22H27N3O/c1-15(2)13-22(4,23)14-26-21-10-9-20(25-16(21)3)18-11-12-24-19-8-6-5-7-17(18)19/h5-12,15H,13-14,23H2,1-4H3. The van der Waals surface area contributed by atoms with E-state index in [4.69, 9.17) is 15.5 Å². The molecule has 4 nitrogen and oxygen atoms in total. The average Bonchev–Trinajstić information content (AvgIpc) is 2.59. The summed E-state index contributed by atoms with van der Waals surface area (Å²) in [5, 5.41) is 1.10. The topological polar surface area (TPSA) is 61.0 Å². The molecule has 0 amide bonds. The van der Waals surface area contributed by atoms with E-state index < -0.39 is 0 Å². The van der Waals surface area contributed by atoms with Gasteiger partial charge in [0.15, 0.2) is 0 Å². The largest absolute Gasteiger partial charge is 0.490 e. The molecule has 0 fully saturated rings. The first-order chi connectivity index (χ1) is 12.4. The molecule has 1 atom stereocenters. The fraction of sp³-hybridized carbons (Fsp3) is 0.364. The van der Waals surface area contributed by atoms with E-state index in [0.717, 1.165) is 40.0 Å². The molecule has 0 aliphatic carbocycles. The van der Waals surface area contributed by atoms with Crippen molar-refractivity contribution in [1.29, 1.82) is 0 Å². The van der Waals surface area contributed by atoms with Crippen LogP contribution in [-0.2, 0) is 0 Å². The second-order valence-corrected chi connectivity index (χ2v) is 7.70. The van der Waals surface area contributed by atoms with Gasteiger partial charge in [0.05, 0.1) is 16.9 Å². The van der Waals surface area contributed by atoms with Crippen LogP contribution in [0.25, 0.3) is 22.2 Å². The smallest absolute Gasteiger partial charge is 0.140 e. The molecule has 4 heteroatoms. The second-order valence-electron chi connectivity index (χ2n) is 7.70. The van der Waals surface area contributed by atoms with Crippen molar-refractivity contribution in [3.05, 3.63) is 54.4 Å². The lowest BCUT2D eigenvalue weighted by Gasteiger charge is -2.27. The molecule has 0 saturated carbocycles. The molecule has 0 saturated heterocycles. The zero-order valence-corrected chi connectivity index (χ0v) is 16.0. The van der Waals surface area contributed by atoms with Gasteiger partial charge < -0.3 is 10.5 Å². The summed E-state index contributed by atoms with van der Waals surface area (Å²) in [5.74, 6) is 1.32. The van der Waals surface area contributed by atoms with E-state index in [-0.39, 0.29) is 5.54 Å². The van der Waals surface area contributed by atoms with Gasteiger partial charge in [0.2, 0.25) is 0 Å². The van der Waals surface area contributed by atoms with Gasteiger partial charge in [-0.05, 0) is 50.5 Å². The fourth-order valence-electron chi connectivity index (χ4n) is 3.40. The first-order valence-electron chi connectivity index (χ1n) is 9.09. The maximum Gasteiger partial charge on any atom is 0.140 e. The molecule has 0 bridgehead atoms. The van der Waals surface area contributed by atoms with Gasteiger partial charge in [-0.3, -0.25) is 4.98 Å². The lowest BCUT2D eigenvalue weighted by Crippen LogP contribution is -2.43. The van der Waals surface area contributed by atoms with Gasteiger partial charge in [-0.2, -0.15) is 0 Å². The molecule has 26 heavy (non-hydrogen) atoms. The molecule has 2 aromatic heterocycles. The Balaban J connectivity index is 1.84. The van der Waals surface area contributed by atoms with E-state index in [9.17, 15) is 0 Å². The van der Waals surface area contributed by atoms with Crippen molar-refractivity contribution >= 4 is 10.9 Å². The normalized spacial score (nSPS) is 13.8. The van der Waals surface area contributed by atoms with Crippen molar-refractivity contribution in [2.24, 2.45) is 11.7 Å². The summed E-state index contributed by atoms with van der Waals surface area (Å²) in [6, 6.07) is 14.1. The van der Waals surface area contributed by atoms with Crippen molar-refractivity contribution in [2.45, 2.75) is 39.7 Å². The zero-order chi connectivity index (χ0) is 18.7. The number of hydrogen-bond acceptors (Lipinski definition) is 4. The van der Waals surface area contributed by atoms with E-state index in [1.165, 1.54) is 0 Å². The van der Waals surface area contributed by atoms with Crippen molar-refractivity contribution in [3.63, 3.8) is 0 Å². The minimum absolute atomic E-state index is 0.347. The van der Waals surface area contributed by atoms with Crippen LogP contribution < -0.4 is 10.5 Å². The van der Waals surface area contributed by atoms with Gasteiger partial charge in [-0.1, -0.05) is 32.0 Å². The number of pyridine rings is 2. The Morgan fingerprint density at radius 1 is 1.12 bits per heavy atom. The van der Waals surface area contributed by atoms with Crippen LogP contribution in [0, 0.1) is 12.8 Å². The van der Waals surface area contributed by atoms with Crippen molar-refractivity contribution in [2.75, 3.05) is 6.61 Å². The van der Waals surface area contributed by atoms with Gasteiger partial charge in [-0.15, -0.1) is 0 Å². The summed E-state index contributed by atoms with van der Waals surface area (Å²) in [7, 11) is 0. The average molecular weight is 349 g/mol. The highest BCUT2D eigenvalue weighted by molar-refractivity contribution is 5.93. The molecule has 2 heterocycles. The maximum atomic E-state index is 6.35. The summed E-state index contributed by atoms with van der Waals surface area (Å²) in [6.07, 6.45) is 2.74. The second kappa shape index (κ2) is 7.42. The molecule has 0 spiro atoms. The number of aromatic nitrogens is 2. The number of nitrogens with zero attached hydrogens (tertiary/aromatic N) is 2. The van der Waals surface area contributed by atoms with Gasteiger partial charge >= 0.3 is 0 Å². The Hall–Kier alpha value is -2.46. The molecule has 1 unspecified atom stereocenters. The minimum Gasteiger partial charge on any atom is -0.490 e. The van der Waals surface area contributed by atoms with Crippen molar-refractivity contribution in [3.8, 4) is 17.0 Å². The minimum atomic E-state index is -0.347. The van der Waals surface area contributed by atoms with Crippen LogP contribution >= 0.6 is 0 Å². The third kappa shape index (κ3) is 4.20. The van der Waals surface area contributed by atoms with Crippen molar-refractivity contribution in [1.82, 2.24) is 9.97 Å². The van der Waals surface area contributed by atoms with Crippen LogP contribution in [0.3, 0.4) is 0 Å². The number of aryl methyl sites for hydroxylation is 1. The molecule has 3 rings (SSSR count). The SMILES string of the molecule is Cc1nc(-c2ccnc3ccccc23)ccc1OCC(C)(N)CC(C)C. The van der Waals surface area contributed by atoms with E-state index in [1.807, 2.05) is 56.4 Å². The number of ether oxygens (including phenoxy) is 1. The molecular weight excluding hydrogens is 322 g/mol. The number of hydrogen-bond donors (Lipinski definition) is 1. The summed E-state index contributed by atoms with van der Waals surface area (Å²) in [5.41, 5.74) is 9.83. The number of fused-ring (bicyclic) bond motifs is 1. The summed E-state index contributed by atoms with van der Waals surface area (Å²) in [4.78, 5) is 9.18. The van der Waals surface area contributed by atoms with Crippen LogP contribution in [0.15, 0.2) is 48.7 Å². The fourth-order valence-corrected chi connectivity index (χ4v) is 3.40. The van der Waals surface area contributed by atoms with Gasteiger partial charge in [0, 0.05) is 22.7 Å². The lowest BCUT2D eigenvalue weighted by atomic mass is 9.93. The van der Waals surface area contributed by atoms with Gasteiger partial charge in [-0.25, -0.2) is 4.98 Å².